The summed E-state index contributed by atoms with van der Waals surface area (Å²) < 4.78 is 6.88. The van der Waals surface area contributed by atoms with Crippen LogP contribution in [0.5, 0.6) is 5.88 Å². The van der Waals surface area contributed by atoms with Gasteiger partial charge in [-0.25, -0.2) is 9.97 Å². The lowest BCUT2D eigenvalue weighted by Crippen LogP contribution is -2.49. The number of hydrogen-bond donors (Lipinski definition) is 0. The van der Waals surface area contributed by atoms with Crippen molar-refractivity contribution in [2.24, 2.45) is 7.05 Å². The van der Waals surface area contributed by atoms with Crippen LogP contribution < -0.4 is 9.64 Å². The van der Waals surface area contributed by atoms with Crippen LogP contribution in [0.4, 0.5) is 5.82 Å². The first kappa shape index (κ1) is 15.6. The third-order valence-electron chi connectivity index (χ3n) is 3.92. The van der Waals surface area contributed by atoms with Gasteiger partial charge in [0.1, 0.15) is 17.8 Å². The van der Waals surface area contributed by atoms with Crippen molar-refractivity contribution in [2.75, 3.05) is 38.2 Å². The van der Waals surface area contributed by atoms with Crippen molar-refractivity contribution in [3.63, 3.8) is 0 Å². The molecule has 2 aromatic rings. The van der Waals surface area contributed by atoms with Crippen molar-refractivity contribution in [1.29, 1.82) is 0 Å². The predicted octanol–water partition coefficient (Wildman–Crippen LogP) is 1.44. The topological polar surface area (TPSA) is 63.5 Å². The number of ether oxygens (including phenoxy) is 1. The van der Waals surface area contributed by atoms with Crippen molar-refractivity contribution in [3.8, 4) is 5.88 Å². The van der Waals surface area contributed by atoms with Crippen LogP contribution >= 0.6 is 11.6 Å². The van der Waals surface area contributed by atoms with Crippen LogP contribution in [0.25, 0.3) is 0 Å². The fraction of sp³-hybridized carbons (Fsp3) is 0.400. The smallest absolute Gasteiger partial charge is 0.270 e. The van der Waals surface area contributed by atoms with E-state index in [-0.39, 0.29) is 5.91 Å². The van der Waals surface area contributed by atoms with E-state index >= 15 is 0 Å². The number of nitrogens with zero attached hydrogens (tertiary/aromatic N) is 5. The number of rotatable bonds is 3. The standard InChI is InChI=1S/C15H18ClN5O2/c1-19-9-11(16)7-12(19)15(22)21-5-3-20(4-6-21)13-8-14(23-2)18-10-17-13/h7-10H,3-6H2,1-2H3. The highest BCUT2D eigenvalue weighted by molar-refractivity contribution is 6.31. The Labute approximate surface area is 139 Å². The number of anilines is 1. The number of piperazine rings is 1. The van der Waals surface area contributed by atoms with Crippen molar-refractivity contribution in [2.45, 2.75) is 0 Å². The highest BCUT2D eigenvalue weighted by Gasteiger charge is 2.24. The minimum absolute atomic E-state index is 0.000631. The Hall–Kier alpha value is -2.28. The quantitative estimate of drug-likeness (QED) is 0.849. The molecule has 3 rings (SSSR count). The summed E-state index contributed by atoms with van der Waals surface area (Å²) in [6.07, 6.45) is 3.22. The maximum absolute atomic E-state index is 12.6. The van der Waals surface area contributed by atoms with Crippen molar-refractivity contribution < 1.29 is 9.53 Å². The number of hydrogen-bond acceptors (Lipinski definition) is 5. The predicted molar refractivity (Wildman–Crippen MR) is 87.1 cm³/mol. The summed E-state index contributed by atoms with van der Waals surface area (Å²) in [4.78, 5) is 24.8. The molecule has 3 heterocycles. The molecule has 1 fully saturated rings. The molecule has 0 saturated carbocycles. The molecule has 0 aromatic carbocycles. The second kappa shape index (κ2) is 6.45. The average Bonchev–Trinajstić information content (AvgIpc) is 2.93. The lowest BCUT2D eigenvalue weighted by Gasteiger charge is -2.35. The second-order valence-corrected chi connectivity index (χ2v) is 5.79. The zero-order valence-corrected chi connectivity index (χ0v) is 13.8. The molecule has 2 aromatic heterocycles. The van der Waals surface area contributed by atoms with Crippen molar-refractivity contribution in [1.82, 2.24) is 19.4 Å². The fourth-order valence-corrected chi connectivity index (χ4v) is 2.90. The Kier molecular flexibility index (Phi) is 4.38. The van der Waals surface area contributed by atoms with Crippen LogP contribution in [0.15, 0.2) is 24.7 Å². The van der Waals surface area contributed by atoms with Gasteiger partial charge in [0.05, 0.1) is 12.1 Å². The number of aryl methyl sites for hydroxylation is 1. The van der Waals surface area contributed by atoms with Gasteiger partial charge in [-0.15, -0.1) is 0 Å². The molecule has 122 valence electrons. The van der Waals surface area contributed by atoms with Gasteiger partial charge < -0.3 is 19.1 Å². The van der Waals surface area contributed by atoms with Crippen LogP contribution in [0, 0.1) is 0 Å². The first-order valence-corrected chi connectivity index (χ1v) is 7.68. The second-order valence-electron chi connectivity index (χ2n) is 5.35. The van der Waals surface area contributed by atoms with Gasteiger partial charge >= 0.3 is 0 Å². The minimum Gasteiger partial charge on any atom is -0.481 e. The van der Waals surface area contributed by atoms with Gasteiger partial charge in [0.25, 0.3) is 5.91 Å². The summed E-state index contributed by atoms with van der Waals surface area (Å²) in [7, 11) is 3.40. The van der Waals surface area contributed by atoms with Gasteiger partial charge in [-0.1, -0.05) is 11.6 Å². The number of amides is 1. The van der Waals surface area contributed by atoms with Crippen LogP contribution in [0.2, 0.25) is 5.02 Å². The van der Waals surface area contributed by atoms with E-state index in [1.165, 1.54) is 6.33 Å². The zero-order valence-electron chi connectivity index (χ0n) is 13.1. The number of aromatic nitrogens is 3. The maximum atomic E-state index is 12.6. The van der Waals surface area contributed by atoms with Gasteiger partial charge in [0.2, 0.25) is 5.88 Å². The average molecular weight is 336 g/mol. The lowest BCUT2D eigenvalue weighted by atomic mass is 10.2. The summed E-state index contributed by atoms with van der Waals surface area (Å²) in [5, 5.41) is 0.572. The van der Waals surface area contributed by atoms with Gasteiger partial charge in [0.15, 0.2) is 0 Å². The zero-order chi connectivity index (χ0) is 16.4. The molecule has 0 atom stereocenters. The number of methoxy groups -OCH3 is 1. The Bertz CT molecular complexity index is 710. The largest absolute Gasteiger partial charge is 0.481 e. The number of carbonyl (C=O) groups is 1. The highest BCUT2D eigenvalue weighted by Crippen LogP contribution is 2.19. The van der Waals surface area contributed by atoms with E-state index in [1.54, 1.807) is 30.0 Å². The Morgan fingerprint density at radius 3 is 2.57 bits per heavy atom. The number of carbonyl (C=O) groups excluding carboxylic acids is 1. The monoisotopic (exact) mass is 335 g/mol. The highest BCUT2D eigenvalue weighted by atomic mass is 35.5. The molecule has 1 aliphatic rings. The first-order valence-electron chi connectivity index (χ1n) is 7.30. The minimum atomic E-state index is -0.000631. The molecular formula is C15H18ClN5O2. The van der Waals surface area contributed by atoms with E-state index in [0.717, 1.165) is 5.82 Å². The molecule has 23 heavy (non-hydrogen) atoms. The molecule has 0 radical (unpaired) electrons. The molecule has 0 spiro atoms. The van der Waals surface area contributed by atoms with Gasteiger partial charge in [0, 0.05) is 45.5 Å². The van der Waals surface area contributed by atoms with Crippen molar-refractivity contribution >= 4 is 23.3 Å². The third-order valence-corrected chi connectivity index (χ3v) is 4.12. The van der Waals surface area contributed by atoms with E-state index in [4.69, 9.17) is 16.3 Å². The maximum Gasteiger partial charge on any atom is 0.270 e. The molecular weight excluding hydrogens is 318 g/mol. The lowest BCUT2D eigenvalue weighted by molar-refractivity contribution is 0.0737. The van der Waals surface area contributed by atoms with Crippen LogP contribution in [-0.2, 0) is 7.05 Å². The molecule has 0 unspecified atom stereocenters. The van der Waals surface area contributed by atoms with Crippen molar-refractivity contribution in [3.05, 3.63) is 35.4 Å². The van der Waals surface area contributed by atoms with E-state index in [2.05, 4.69) is 14.9 Å². The van der Waals surface area contributed by atoms with Gasteiger partial charge in [-0.3, -0.25) is 4.79 Å². The molecule has 1 aliphatic heterocycles. The van der Waals surface area contributed by atoms with E-state index in [1.807, 2.05) is 11.9 Å². The Morgan fingerprint density at radius 2 is 1.96 bits per heavy atom. The van der Waals surface area contributed by atoms with Crippen LogP contribution in [-0.4, -0.2) is 58.6 Å². The van der Waals surface area contributed by atoms with Crippen LogP contribution in [0.1, 0.15) is 10.5 Å². The fourth-order valence-electron chi connectivity index (χ4n) is 2.65. The molecule has 0 bridgehead atoms. The normalized spacial score (nSPS) is 14.9. The number of halogens is 1. The van der Waals surface area contributed by atoms with E-state index in [0.29, 0.717) is 42.8 Å². The van der Waals surface area contributed by atoms with Gasteiger partial charge in [-0.05, 0) is 6.07 Å². The summed E-state index contributed by atoms with van der Waals surface area (Å²) in [6.45, 7) is 2.69. The van der Waals surface area contributed by atoms with E-state index in [9.17, 15) is 4.79 Å². The molecule has 7 nitrogen and oxygen atoms in total. The Balaban J connectivity index is 1.66. The first-order chi connectivity index (χ1) is 11.1. The summed E-state index contributed by atoms with van der Waals surface area (Å²) >= 11 is 5.95. The Morgan fingerprint density at radius 1 is 1.22 bits per heavy atom. The molecule has 0 aliphatic carbocycles. The molecule has 1 saturated heterocycles. The summed E-state index contributed by atoms with van der Waals surface area (Å²) in [6, 6.07) is 3.50. The molecule has 0 N–H and O–H groups in total. The molecule has 8 heteroatoms. The summed E-state index contributed by atoms with van der Waals surface area (Å²) in [5.41, 5.74) is 0.604. The summed E-state index contributed by atoms with van der Waals surface area (Å²) in [5.74, 6) is 1.34. The molecule has 1 amide bonds. The van der Waals surface area contributed by atoms with Crippen LogP contribution in [0.3, 0.4) is 0 Å². The van der Waals surface area contributed by atoms with Gasteiger partial charge in [-0.2, -0.15) is 0 Å². The van der Waals surface area contributed by atoms with E-state index < -0.39 is 0 Å². The SMILES string of the molecule is COc1cc(N2CCN(C(=O)c3cc(Cl)cn3C)CC2)ncn1. The third kappa shape index (κ3) is 3.24.